The van der Waals surface area contributed by atoms with Gasteiger partial charge in [-0.25, -0.2) is 9.37 Å². The first-order chi connectivity index (χ1) is 15.9. The molecule has 0 spiro atoms. The number of ether oxygens (including phenoxy) is 2. The van der Waals surface area contributed by atoms with Gasteiger partial charge in [-0.1, -0.05) is 0 Å². The molecule has 4 aromatic rings. The van der Waals surface area contributed by atoms with Crippen molar-refractivity contribution in [2.45, 2.75) is 20.3 Å². The van der Waals surface area contributed by atoms with Crippen molar-refractivity contribution in [3.63, 3.8) is 0 Å². The van der Waals surface area contributed by atoms with Crippen LogP contribution in [0.4, 0.5) is 4.39 Å². The first-order valence-electron chi connectivity index (χ1n) is 10.9. The molecule has 0 saturated heterocycles. The summed E-state index contributed by atoms with van der Waals surface area (Å²) in [5, 5.41) is 2.99. The predicted molar refractivity (Wildman–Crippen MR) is 123 cm³/mol. The van der Waals surface area contributed by atoms with Crippen molar-refractivity contribution in [3.05, 3.63) is 71.1 Å². The second-order valence-electron chi connectivity index (χ2n) is 8.17. The number of amides is 1. The van der Waals surface area contributed by atoms with Gasteiger partial charge in [0.15, 0.2) is 11.5 Å². The van der Waals surface area contributed by atoms with Gasteiger partial charge in [-0.3, -0.25) is 4.79 Å². The van der Waals surface area contributed by atoms with Crippen molar-refractivity contribution < 1.29 is 18.7 Å². The van der Waals surface area contributed by atoms with Crippen molar-refractivity contribution in [2.75, 3.05) is 19.8 Å². The van der Waals surface area contributed by atoms with E-state index in [1.165, 1.54) is 12.1 Å². The third kappa shape index (κ3) is 3.82. The van der Waals surface area contributed by atoms with Gasteiger partial charge in [-0.15, -0.1) is 0 Å². The van der Waals surface area contributed by atoms with E-state index in [-0.39, 0.29) is 11.7 Å². The minimum absolute atomic E-state index is 0.142. The molecule has 0 atom stereocenters. The van der Waals surface area contributed by atoms with E-state index in [0.29, 0.717) is 43.0 Å². The smallest absolute Gasteiger partial charge is 0.253 e. The summed E-state index contributed by atoms with van der Waals surface area (Å²) >= 11 is 0. The number of aryl methyl sites for hydroxylation is 2. The number of benzene rings is 2. The van der Waals surface area contributed by atoms with Crippen LogP contribution in [0.2, 0.25) is 0 Å². The average Bonchev–Trinajstić information content (AvgIpc) is 3.28. The Morgan fingerprint density at radius 2 is 1.88 bits per heavy atom. The van der Waals surface area contributed by atoms with E-state index in [4.69, 9.17) is 9.47 Å². The van der Waals surface area contributed by atoms with Crippen molar-refractivity contribution in [2.24, 2.45) is 7.05 Å². The van der Waals surface area contributed by atoms with Crippen LogP contribution in [-0.2, 0) is 13.5 Å². The highest BCUT2D eigenvalue weighted by Crippen LogP contribution is 2.33. The number of nitrogens with one attached hydrogen (secondary N) is 1. The van der Waals surface area contributed by atoms with Gasteiger partial charge in [0.25, 0.3) is 5.91 Å². The van der Waals surface area contributed by atoms with Crippen LogP contribution in [0, 0.1) is 19.7 Å². The van der Waals surface area contributed by atoms with Gasteiger partial charge in [-0.05, 0) is 44.2 Å². The Kier molecular flexibility index (Phi) is 5.28. The standard InChI is InChI=1S/C25H25FN4O3/c1-15-12-19(16(2)30(15)18-5-7-22-23(14-18)33-11-10-32-22)25(31)27-9-8-24-28-20-13-17(26)4-6-21(20)29(24)3/h4-7,12-14H,8-11H2,1-3H3,(H,27,31). The SMILES string of the molecule is Cc1cc(C(=O)NCCc2nc3cc(F)ccc3n2C)c(C)n1-c1ccc2c(c1)OCCO2. The Bertz CT molecular complexity index is 1370. The molecule has 7 nitrogen and oxygen atoms in total. The van der Waals surface area contributed by atoms with Crippen LogP contribution in [0.5, 0.6) is 11.5 Å². The Morgan fingerprint density at radius 1 is 1.09 bits per heavy atom. The first-order valence-corrected chi connectivity index (χ1v) is 10.9. The lowest BCUT2D eigenvalue weighted by atomic mass is 10.2. The Balaban J connectivity index is 1.31. The van der Waals surface area contributed by atoms with Crippen LogP contribution in [0.1, 0.15) is 27.6 Å². The second kappa shape index (κ2) is 8.27. The minimum atomic E-state index is -0.311. The summed E-state index contributed by atoms with van der Waals surface area (Å²) in [6, 6.07) is 12.2. The zero-order chi connectivity index (χ0) is 23.1. The normalized spacial score (nSPS) is 12.8. The molecule has 33 heavy (non-hydrogen) atoms. The molecule has 0 radical (unpaired) electrons. The third-order valence-electron chi connectivity index (χ3n) is 6.03. The zero-order valence-electron chi connectivity index (χ0n) is 18.8. The fraction of sp³-hybridized carbons (Fsp3) is 0.280. The molecule has 0 bridgehead atoms. The van der Waals surface area contributed by atoms with Crippen LogP contribution >= 0.6 is 0 Å². The molecule has 5 rings (SSSR count). The van der Waals surface area contributed by atoms with Gasteiger partial charge in [0.2, 0.25) is 0 Å². The van der Waals surface area contributed by atoms with Gasteiger partial charge < -0.3 is 23.9 Å². The van der Waals surface area contributed by atoms with E-state index in [1.807, 2.05) is 54.3 Å². The first kappa shape index (κ1) is 21.1. The summed E-state index contributed by atoms with van der Waals surface area (Å²) < 4.78 is 28.8. The highest BCUT2D eigenvalue weighted by atomic mass is 19.1. The molecule has 2 aromatic heterocycles. The summed E-state index contributed by atoms with van der Waals surface area (Å²) in [7, 11) is 1.89. The van der Waals surface area contributed by atoms with Gasteiger partial charge in [0.05, 0.1) is 16.6 Å². The van der Waals surface area contributed by atoms with E-state index in [0.717, 1.165) is 34.2 Å². The lowest BCUT2D eigenvalue weighted by molar-refractivity contribution is 0.0953. The van der Waals surface area contributed by atoms with Crippen molar-refractivity contribution in [3.8, 4) is 17.2 Å². The molecule has 0 unspecified atom stereocenters. The maximum atomic E-state index is 13.5. The van der Waals surface area contributed by atoms with E-state index < -0.39 is 0 Å². The highest BCUT2D eigenvalue weighted by molar-refractivity contribution is 5.96. The topological polar surface area (TPSA) is 70.3 Å². The van der Waals surface area contributed by atoms with Crippen molar-refractivity contribution >= 4 is 16.9 Å². The van der Waals surface area contributed by atoms with Gasteiger partial charge in [0, 0.05) is 49.2 Å². The quantitative estimate of drug-likeness (QED) is 0.503. The summed E-state index contributed by atoms with van der Waals surface area (Å²) in [4.78, 5) is 17.4. The summed E-state index contributed by atoms with van der Waals surface area (Å²) in [6.45, 7) is 5.39. The molecule has 2 aromatic carbocycles. The van der Waals surface area contributed by atoms with Gasteiger partial charge in [-0.2, -0.15) is 0 Å². The lowest BCUT2D eigenvalue weighted by Crippen LogP contribution is -2.26. The summed E-state index contributed by atoms with van der Waals surface area (Å²) in [5.74, 6) is 1.78. The lowest BCUT2D eigenvalue weighted by Gasteiger charge is -2.20. The number of imidazole rings is 1. The number of carbonyl (C=O) groups excluding carboxylic acids is 1. The molecule has 0 aliphatic carbocycles. The number of aromatic nitrogens is 3. The summed E-state index contributed by atoms with van der Waals surface area (Å²) in [5.41, 5.74) is 4.81. The molecule has 170 valence electrons. The molecular formula is C25H25FN4O3. The van der Waals surface area contributed by atoms with Crippen molar-refractivity contribution in [1.82, 2.24) is 19.4 Å². The van der Waals surface area contributed by atoms with Crippen LogP contribution < -0.4 is 14.8 Å². The Morgan fingerprint density at radius 3 is 2.70 bits per heavy atom. The average molecular weight is 448 g/mol. The third-order valence-corrected chi connectivity index (χ3v) is 6.03. The van der Waals surface area contributed by atoms with Crippen molar-refractivity contribution in [1.29, 1.82) is 0 Å². The number of carbonyl (C=O) groups is 1. The fourth-order valence-electron chi connectivity index (χ4n) is 4.39. The molecule has 3 heterocycles. The summed E-state index contributed by atoms with van der Waals surface area (Å²) in [6.07, 6.45) is 0.541. The van der Waals surface area contributed by atoms with Crippen LogP contribution in [0.25, 0.3) is 16.7 Å². The molecule has 1 aliphatic heterocycles. The number of hydrogen-bond donors (Lipinski definition) is 1. The van der Waals surface area contributed by atoms with E-state index in [1.54, 1.807) is 6.07 Å². The Labute approximate surface area is 190 Å². The van der Waals surface area contributed by atoms with E-state index in [9.17, 15) is 9.18 Å². The van der Waals surface area contributed by atoms with Crippen LogP contribution in [0.15, 0.2) is 42.5 Å². The Hall–Kier alpha value is -3.81. The fourth-order valence-corrected chi connectivity index (χ4v) is 4.39. The molecule has 1 aliphatic rings. The number of hydrogen-bond acceptors (Lipinski definition) is 4. The molecule has 0 fully saturated rings. The van der Waals surface area contributed by atoms with Crippen LogP contribution in [-0.4, -0.2) is 39.8 Å². The number of halogens is 1. The van der Waals surface area contributed by atoms with E-state index in [2.05, 4.69) is 10.3 Å². The van der Waals surface area contributed by atoms with Gasteiger partial charge >= 0.3 is 0 Å². The molecular weight excluding hydrogens is 423 g/mol. The minimum Gasteiger partial charge on any atom is -0.486 e. The molecule has 1 N–H and O–H groups in total. The van der Waals surface area contributed by atoms with E-state index >= 15 is 0 Å². The largest absolute Gasteiger partial charge is 0.486 e. The maximum Gasteiger partial charge on any atom is 0.253 e. The predicted octanol–water partition coefficient (Wildman–Crippen LogP) is 3.86. The highest BCUT2D eigenvalue weighted by Gasteiger charge is 2.19. The second-order valence-corrected chi connectivity index (χ2v) is 8.17. The monoisotopic (exact) mass is 448 g/mol. The number of rotatable bonds is 5. The zero-order valence-corrected chi connectivity index (χ0v) is 18.8. The van der Waals surface area contributed by atoms with Gasteiger partial charge in [0.1, 0.15) is 24.9 Å². The maximum absolute atomic E-state index is 13.5. The number of fused-ring (bicyclic) bond motifs is 2. The molecule has 1 amide bonds. The van der Waals surface area contributed by atoms with Crippen LogP contribution in [0.3, 0.4) is 0 Å². The molecule has 0 saturated carbocycles. The number of nitrogens with zero attached hydrogens (tertiary/aromatic N) is 3. The molecule has 8 heteroatoms.